The maximum atomic E-state index is 3.56. The third kappa shape index (κ3) is 3.95. The van der Waals surface area contributed by atoms with Crippen molar-refractivity contribution in [2.45, 2.75) is 26.8 Å². The van der Waals surface area contributed by atoms with E-state index >= 15 is 0 Å². The minimum atomic E-state index is 0.430. The summed E-state index contributed by atoms with van der Waals surface area (Å²) >= 11 is 0. The van der Waals surface area contributed by atoms with Crippen molar-refractivity contribution >= 4 is 0 Å². The molecule has 0 saturated carbocycles. The molecule has 0 radical (unpaired) electrons. The van der Waals surface area contributed by atoms with E-state index in [1.807, 2.05) is 0 Å². The average Bonchev–Trinajstić information content (AvgIpc) is 2.21. The van der Waals surface area contributed by atoms with Crippen LogP contribution < -0.4 is 5.32 Å². The lowest BCUT2D eigenvalue weighted by molar-refractivity contribution is 0.389. The van der Waals surface area contributed by atoms with Crippen LogP contribution in [0.15, 0.2) is 18.2 Å². The van der Waals surface area contributed by atoms with E-state index in [9.17, 15) is 0 Å². The van der Waals surface area contributed by atoms with Gasteiger partial charge in [-0.25, -0.2) is 0 Å². The van der Waals surface area contributed by atoms with Crippen LogP contribution in [0.5, 0.6) is 0 Å². The Labute approximate surface area is 99.7 Å². The lowest BCUT2D eigenvalue weighted by Gasteiger charge is -2.18. The van der Waals surface area contributed by atoms with Crippen LogP contribution in [0.2, 0.25) is 0 Å². The van der Waals surface area contributed by atoms with Crippen LogP contribution in [0, 0.1) is 13.8 Å². The molecule has 2 heteroatoms. The number of benzene rings is 1. The molecule has 0 bridgehead atoms. The third-order valence-corrected chi connectivity index (χ3v) is 2.91. The fourth-order valence-electron chi connectivity index (χ4n) is 1.84. The van der Waals surface area contributed by atoms with Crippen LogP contribution in [0.3, 0.4) is 0 Å². The van der Waals surface area contributed by atoms with Crippen LogP contribution in [-0.4, -0.2) is 32.1 Å². The van der Waals surface area contributed by atoms with Gasteiger partial charge in [0.15, 0.2) is 0 Å². The molecule has 0 aromatic heterocycles. The summed E-state index contributed by atoms with van der Waals surface area (Å²) in [5.41, 5.74) is 4.12. The first-order chi connectivity index (χ1) is 7.50. The molecule has 0 spiro atoms. The second kappa shape index (κ2) is 6.02. The molecular formula is C14H24N2. The van der Waals surface area contributed by atoms with Gasteiger partial charge in [-0.3, -0.25) is 0 Å². The van der Waals surface area contributed by atoms with E-state index < -0.39 is 0 Å². The summed E-state index contributed by atoms with van der Waals surface area (Å²) < 4.78 is 0. The van der Waals surface area contributed by atoms with E-state index in [2.05, 4.69) is 63.3 Å². The average molecular weight is 220 g/mol. The largest absolute Gasteiger partial charge is 0.309 e. The molecule has 1 aromatic carbocycles. The molecule has 0 saturated heterocycles. The first kappa shape index (κ1) is 13.2. The molecule has 1 aromatic rings. The lowest BCUT2D eigenvalue weighted by Crippen LogP contribution is -2.28. The fourth-order valence-corrected chi connectivity index (χ4v) is 1.84. The molecular weight excluding hydrogens is 196 g/mol. The van der Waals surface area contributed by atoms with Crippen LogP contribution in [-0.2, 0) is 0 Å². The van der Waals surface area contributed by atoms with Crippen molar-refractivity contribution in [2.24, 2.45) is 0 Å². The summed E-state index contributed by atoms with van der Waals surface area (Å²) in [6, 6.07) is 7.09. The van der Waals surface area contributed by atoms with E-state index in [-0.39, 0.29) is 0 Å². The zero-order valence-corrected chi connectivity index (χ0v) is 11.2. The van der Waals surface area contributed by atoms with Gasteiger partial charge in [-0.1, -0.05) is 23.8 Å². The number of aryl methyl sites for hydroxylation is 2. The molecule has 2 nitrogen and oxygen atoms in total. The summed E-state index contributed by atoms with van der Waals surface area (Å²) in [6.45, 7) is 8.67. The van der Waals surface area contributed by atoms with Crippen molar-refractivity contribution < 1.29 is 0 Å². The summed E-state index contributed by atoms with van der Waals surface area (Å²) in [7, 11) is 4.20. The van der Waals surface area contributed by atoms with Crippen LogP contribution in [0.25, 0.3) is 0 Å². The molecule has 0 aliphatic rings. The minimum Gasteiger partial charge on any atom is -0.309 e. The molecule has 16 heavy (non-hydrogen) atoms. The maximum absolute atomic E-state index is 3.56. The van der Waals surface area contributed by atoms with Gasteiger partial charge in [0.05, 0.1) is 0 Å². The normalized spacial score (nSPS) is 13.1. The summed E-state index contributed by atoms with van der Waals surface area (Å²) in [5.74, 6) is 0. The zero-order chi connectivity index (χ0) is 12.1. The number of rotatable bonds is 5. The predicted octanol–water partition coefficient (Wildman–Crippen LogP) is 2.52. The molecule has 0 heterocycles. The Bertz CT molecular complexity index is 332. The highest BCUT2D eigenvalue weighted by atomic mass is 15.1. The van der Waals surface area contributed by atoms with Crippen molar-refractivity contribution in [1.29, 1.82) is 0 Å². The highest BCUT2D eigenvalue weighted by Crippen LogP contribution is 2.18. The molecule has 1 atom stereocenters. The summed E-state index contributed by atoms with van der Waals surface area (Å²) in [6.07, 6.45) is 0. The molecule has 0 amide bonds. The van der Waals surface area contributed by atoms with Gasteiger partial charge in [0, 0.05) is 19.1 Å². The number of hydrogen-bond donors (Lipinski definition) is 1. The predicted molar refractivity (Wildman–Crippen MR) is 70.9 cm³/mol. The van der Waals surface area contributed by atoms with Crippen LogP contribution >= 0.6 is 0 Å². The van der Waals surface area contributed by atoms with E-state index in [1.165, 1.54) is 16.7 Å². The molecule has 0 fully saturated rings. The first-order valence-electron chi connectivity index (χ1n) is 5.96. The topological polar surface area (TPSA) is 15.3 Å². The van der Waals surface area contributed by atoms with E-state index in [0.29, 0.717) is 6.04 Å². The van der Waals surface area contributed by atoms with Gasteiger partial charge in [0.1, 0.15) is 0 Å². The third-order valence-electron chi connectivity index (χ3n) is 2.91. The monoisotopic (exact) mass is 220 g/mol. The van der Waals surface area contributed by atoms with Crippen molar-refractivity contribution in [2.75, 3.05) is 27.2 Å². The van der Waals surface area contributed by atoms with E-state index in [0.717, 1.165) is 13.1 Å². The van der Waals surface area contributed by atoms with Gasteiger partial charge in [-0.15, -0.1) is 0 Å². The van der Waals surface area contributed by atoms with Gasteiger partial charge in [0.2, 0.25) is 0 Å². The van der Waals surface area contributed by atoms with Gasteiger partial charge >= 0.3 is 0 Å². The number of hydrogen-bond acceptors (Lipinski definition) is 2. The smallest absolute Gasteiger partial charge is 0.0295 e. The first-order valence-corrected chi connectivity index (χ1v) is 5.96. The van der Waals surface area contributed by atoms with Crippen molar-refractivity contribution in [3.05, 3.63) is 34.9 Å². The molecule has 0 aliphatic heterocycles. The fraction of sp³-hybridized carbons (Fsp3) is 0.571. The van der Waals surface area contributed by atoms with Crippen LogP contribution in [0.1, 0.15) is 29.7 Å². The maximum Gasteiger partial charge on any atom is 0.0295 e. The summed E-state index contributed by atoms with van der Waals surface area (Å²) in [4.78, 5) is 2.20. The standard InChI is InChI=1S/C14H24N2/c1-11-6-7-12(2)14(10-11)13(3)15-8-9-16(4)5/h6-7,10,13,15H,8-9H2,1-5H3. The van der Waals surface area contributed by atoms with Gasteiger partial charge in [0.25, 0.3) is 0 Å². The number of nitrogens with one attached hydrogen (secondary N) is 1. The highest BCUT2D eigenvalue weighted by molar-refractivity contribution is 5.32. The van der Waals surface area contributed by atoms with Crippen molar-refractivity contribution in [3.8, 4) is 0 Å². The second-order valence-electron chi connectivity index (χ2n) is 4.84. The number of likely N-dealkylation sites (N-methyl/N-ethyl adjacent to an activating group) is 1. The van der Waals surface area contributed by atoms with Gasteiger partial charge in [-0.05, 0) is 46.0 Å². The second-order valence-corrected chi connectivity index (χ2v) is 4.84. The Hall–Kier alpha value is -0.860. The summed E-state index contributed by atoms with van der Waals surface area (Å²) in [5, 5.41) is 3.56. The zero-order valence-electron chi connectivity index (χ0n) is 11.2. The molecule has 1 N–H and O–H groups in total. The Morgan fingerprint density at radius 3 is 2.56 bits per heavy atom. The van der Waals surface area contributed by atoms with E-state index in [4.69, 9.17) is 0 Å². The van der Waals surface area contributed by atoms with Crippen LogP contribution in [0.4, 0.5) is 0 Å². The van der Waals surface area contributed by atoms with Gasteiger partial charge < -0.3 is 10.2 Å². The van der Waals surface area contributed by atoms with Crippen molar-refractivity contribution in [3.63, 3.8) is 0 Å². The molecule has 90 valence electrons. The minimum absolute atomic E-state index is 0.430. The van der Waals surface area contributed by atoms with Gasteiger partial charge in [-0.2, -0.15) is 0 Å². The quantitative estimate of drug-likeness (QED) is 0.820. The number of nitrogens with zero attached hydrogens (tertiary/aromatic N) is 1. The SMILES string of the molecule is Cc1ccc(C)c(C(C)NCCN(C)C)c1. The van der Waals surface area contributed by atoms with Crippen molar-refractivity contribution in [1.82, 2.24) is 10.2 Å². The highest BCUT2D eigenvalue weighted by Gasteiger charge is 2.07. The molecule has 1 unspecified atom stereocenters. The Balaban J connectivity index is 2.58. The molecule has 1 rings (SSSR count). The lowest BCUT2D eigenvalue weighted by atomic mass is 10.00. The Kier molecular flexibility index (Phi) is 4.97. The molecule has 0 aliphatic carbocycles. The Morgan fingerprint density at radius 1 is 1.25 bits per heavy atom. The van der Waals surface area contributed by atoms with E-state index in [1.54, 1.807) is 0 Å². The Morgan fingerprint density at radius 2 is 1.94 bits per heavy atom.